The number of hydrogen-bond donors (Lipinski definition) is 0. The summed E-state index contributed by atoms with van der Waals surface area (Å²) in [5.74, 6) is 0. The largest absolute Gasteiger partial charge is 0.268 e. The quantitative estimate of drug-likeness (QED) is 0.660. The van der Waals surface area contributed by atoms with Crippen molar-refractivity contribution < 1.29 is 0 Å². The maximum atomic E-state index is 4.97. The first-order valence-corrected chi connectivity index (χ1v) is 8.24. The fourth-order valence-corrected chi connectivity index (χ4v) is 3.62. The van der Waals surface area contributed by atoms with Gasteiger partial charge in [-0.1, -0.05) is 78.9 Å². The van der Waals surface area contributed by atoms with Crippen LogP contribution in [-0.2, 0) is 5.41 Å². The smallest absolute Gasteiger partial charge is 0.0829 e. The summed E-state index contributed by atoms with van der Waals surface area (Å²) in [5, 5.41) is 6.96. The molecule has 0 saturated heterocycles. The van der Waals surface area contributed by atoms with E-state index in [0.29, 0.717) is 0 Å². The van der Waals surface area contributed by atoms with E-state index in [-0.39, 0.29) is 5.41 Å². The van der Waals surface area contributed by atoms with Crippen molar-refractivity contribution in [1.29, 1.82) is 0 Å². The van der Waals surface area contributed by atoms with Crippen LogP contribution in [0.3, 0.4) is 0 Å². The van der Waals surface area contributed by atoms with Crippen molar-refractivity contribution in [1.82, 2.24) is 0 Å². The van der Waals surface area contributed by atoms with Crippen molar-refractivity contribution in [3.05, 3.63) is 102 Å². The number of benzene rings is 3. The third kappa shape index (κ3) is 2.15. The molecule has 2 nitrogen and oxygen atoms in total. The van der Waals surface area contributed by atoms with Crippen molar-refractivity contribution in [2.45, 2.75) is 12.3 Å². The van der Waals surface area contributed by atoms with Gasteiger partial charge in [0.1, 0.15) is 0 Å². The summed E-state index contributed by atoms with van der Waals surface area (Å²) < 4.78 is 0. The van der Waals surface area contributed by atoms with E-state index >= 15 is 0 Å². The normalized spacial score (nSPS) is 19.6. The first-order chi connectivity index (χ1) is 11.7. The molecule has 0 aromatic heterocycles. The Morgan fingerprint density at radius 2 is 1.33 bits per heavy atom. The summed E-state index contributed by atoms with van der Waals surface area (Å²) >= 11 is 0. The van der Waals surface area contributed by atoms with Crippen molar-refractivity contribution in [3.63, 3.8) is 0 Å². The number of hydrazone groups is 1. The van der Waals surface area contributed by atoms with E-state index in [0.717, 1.165) is 17.0 Å². The molecule has 1 aliphatic heterocycles. The van der Waals surface area contributed by atoms with Crippen molar-refractivity contribution >= 4 is 11.4 Å². The molecule has 3 aromatic rings. The monoisotopic (exact) mass is 312 g/mol. The van der Waals surface area contributed by atoms with Gasteiger partial charge in [0.15, 0.2) is 0 Å². The molecule has 3 aromatic carbocycles. The average Bonchev–Trinajstić information content (AvgIpc) is 2.66. The third-order valence-electron chi connectivity index (χ3n) is 4.91. The van der Waals surface area contributed by atoms with Crippen LogP contribution >= 0.6 is 0 Å². The van der Waals surface area contributed by atoms with Crippen LogP contribution in [0.25, 0.3) is 0 Å². The van der Waals surface area contributed by atoms with E-state index in [2.05, 4.69) is 85.8 Å². The minimum atomic E-state index is -0.286. The van der Waals surface area contributed by atoms with Gasteiger partial charge in [-0.15, -0.1) is 0 Å². The number of hydrogen-bond acceptors (Lipinski definition) is 2. The van der Waals surface area contributed by atoms with E-state index in [9.17, 15) is 0 Å². The number of nitrogens with zero attached hydrogens (tertiary/aromatic N) is 2. The topological polar surface area (TPSA) is 15.6 Å². The summed E-state index contributed by atoms with van der Waals surface area (Å²) in [6, 6.07) is 29.7. The molecule has 0 bridgehead atoms. The Morgan fingerprint density at radius 1 is 0.750 bits per heavy atom. The zero-order valence-electron chi connectivity index (χ0n) is 14.0. The molecular weight excluding hydrogens is 292 g/mol. The third-order valence-corrected chi connectivity index (χ3v) is 4.91. The summed E-state index contributed by atoms with van der Waals surface area (Å²) in [7, 11) is 2.02. The number of para-hydroxylation sites is 1. The van der Waals surface area contributed by atoms with Crippen LogP contribution in [0.15, 0.2) is 90.0 Å². The summed E-state index contributed by atoms with van der Waals surface area (Å²) in [5.41, 5.74) is 5.65. The maximum absolute atomic E-state index is 4.97. The molecule has 0 saturated carbocycles. The summed E-state index contributed by atoms with van der Waals surface area (Å²) in [6.07, 6.45) is 0. The molecule has 1 heterocycles. The molecule has 118 valence electrons. The standard InChI is InChI=1S/C22H20N2/c1-22(18-13-7-4-8-14-18)19-15-9-10-16-20(19)24(2)23-21(22)17-11-5-3-6-12-17/h3-16H,1-2H3. The van der Waals surface area contributed by atoms with Crippen LogP contribution in [-0.4, -0.2) is 12.8 Å². The number of fused-ring (bicyclic) bond motifs is 1. The molecule has 0 amide bonds. The predicted molar refractivity (Wildman–Crippen MR) is 101 cm³/mol. The van der Waals surface area contributed by atoms with Gasteiger partial charge in [-0.25, -0.2) is 0 Å². The molecule has 0 spiro atoms. The van der Waals surface area contributed by atoms with Gasteiger partial charge in [0.25, 0.3) is 0 Å². The van der Waals surface area contributed by atoms with Crippen molar-refractivity contribution in [2.75, 3.05) is 12.1 Å². The molecule has 1 unspecified atom stereocenters. The van der Waals surface area contributed by atoms with Crippen molar-refractivity contribution in [3.8, 4) is 0 Å². The zero-order valence-corrected chi connectivity index (χ0v) is 14.0. The lowest BCUT2D eigenvalue weighted by molar-refractivity contribution is 0.735. The molecule has 4 rings (SSSR count). The maximum Gasteiger partial charge on any atom is 0.0829 e. The van der Waals surface area contributed by atoms with Crippen LogP contribution < -0.4 is 5.01 Å². The fraction of sp³-hybridized carbons (Fsp3) is 0.136. The zero-order chi connectivity index (χ0) is 16.6. The van der Waals surface area contributed by atoms with E-state index in [1.807, 2.05) is 18.1 Å². The highest BCUT2D eigenvalue weighted by molar-refractivity contribution is 6.12. The lowest BCUT2D eigenvalue weighted by atomic mass is 9.69. The second-order valence-electron chi connectivity index (χ2n) is 6.35. The molecular formula is C22H20N2. The fourth-order valence-electron chi connectivity index (χ4n) is 3.62. The summed E-state index contributed by atoms with van der Waals surface area (Å²) in [6.45, 7) is 2.28. The second-order valence-corrected chi connectivity index (χ2v) is 6.35. The van der Waals surface area contributed by atoms with Gasteiger partial charge in [-0.3, -0.25) is 5.01 Å². The Morgan fingerprint density at radius 3 is 2.04 bits per heavy atom. The molecule has 24 heavy (non-hydrogen) atoms. The first kappa shape index (κ1) is 14.7. The number of anilines is 1. The van der Waals surface area contributed by atoms with Crippen LogP contribution in [0.5, 0.6) is 0 Å². The first-order valence-electron chi connectivity index (χ1n) is 8.24. The Balaban J connectivity index is 2.02. The van der Waals surface area contributed by atoms with Crippen molar-refractivity contribution in [2.24, 2.45) is 5.10 Å². The molecule has 1 aliphatic rings. The van der Waals surface area contributed by atoms with Crippen LogP contribution in [0.1, 0.15) is 23.6 Å². The lowest BCUT2D eigenvalue weighted by Gasteiger charge is -2.40. The van der Waals surface area contributed by atoms with E-state index in [4.69, 9.17) is 5.10 Å². The molecule has 0 aliphatic carbocycles. The second kappa shape index (κ2) is 5.64. The van der Waals surface area contributed by atoms with E-state index < -0.39 is 0 Å². The predicted octanol–water partition coefficient (Wildman–Crippen LogP) is 4.85. The van der Waals surface area contributed by atoms with Gasteiger partial charge in [0.05, 0.1) is 16.8 Å². The Bertz CT molecular complexity index is 884. The average molecular weight is 312 g/mol. The van der Waals surface area contributed by atoms with E-state index in [1.54, 1.807) is 0 Å². The lowest BCUT2D eigenvalue weighted by Crippen LogP contribution is -2.41. The minimum Gasteiger partial charge on any atom is -0.268 e. The SMILES string of the molecule is CN1N=C(c2ccccc2)C(C)(c2ccccc2)c2ccccc21. The van der Waals surface area contributed by atoms with Gasteiger partial charge in [-0.05, 0) is 29.7 Å². The van der Waals surface area contributed by atoms with Crippen LogP contribution in [0.2, 0.25) is 0 Å². The molecule has 1 atom stereocenters. The highest BCUT2D eigenvalue weighted by atomic mass is 15.4. The molecule has 0 N–H and O–H groups in total. The van der Waals surface area contributed by atoms with Gasteiger partial charge in [-0.2, -0.15) is 5.10 Å². The van der Waals surface area contributed by atoms with Gasteiger partial charge < -0.3 is 0 Å². The molecule has 2 heteroatoms. The number of rotatable bonds is 2. The van der Waals surface area contributed by atoms with Gasteiger partial charge in [0, 0.05) is 7.05 Å². The Labute approximate surface area is 143 Å². The summed E-state index contributed by atoms with van der Waals surface area (Å²) in [4.78, 5) is 0. The molecule has 0 fully saturated rings. The highest BCUT2D eigenvalue weighted by Crippen LogP contribution is 2.43. The Kier molecular flexibility index (Phi) is 3.46. The van der Waals surface area contributed by atoms with Gasteiger partial charge >= 0.3 is 0 Å². The molecule has 0 radical (unpaired) electrons. The van der Waals surface area contributed by atoms with E-state index in [1.165, 1.54) is 11.1 Å². The van der Waals surface area contributed by atoms with Crippen LogP contribution in [0, 0.1) is 0 Å². The minimum absolute atomic E-state index is 0.286. The van der Waals surface area contributed by atoms with Crippen LogP contribution in [0.4, 0.5) is 5.69 Å². The highest BCUT2D eigenvalue weighted by Gasteiger charge is 2.40. The Hall–Kier alpha value is -2.87. The van der Waals surface area contributed by atoms with Gasteiger partial charge in [0.2, 0.25) is 0 Å².